The molecule has 1 aliphatic heterocycles. The quantitative estimate of drug-likeness (QED) is 0.912. The van der Waals surface area contributed by atoms with Crippen LogP contribution in [-0.4, -0.2) is 47.2 Å². The largest absolute Gasteiger partial charge is 0.365 e. The highest BCUT2D eigenvalue weighted by molar-refractivity contribution is 6.33. The van der Waals surface area contributed by atoms with Crippen LogP contribution < -0.4 is 10.5 Å². The Balaban J connectivity index is 1.50. The van der Waals surface area contributed by atoms with E-state index in [-0.39, 0.29) is 16.5 Å². The molecule has 7 heteroatoms. The number of hydrogen-bond donors (Lipinski definition) is 1. The molecule has 0 aromatic carbocycles. The van der Waals surface area contributed by atoms with Gasteiger partial charge in [-0.25, -0.2) is 5.10 Å². The molecule has 0 atom stereocenters. The van der Waals surface area contributed by atoms with Gasteiger partial charge >= 0.3 is 0 Å². The van der Waals surface area contributed by atoms with Gasteiger partial charge in [0.25, 0.3) is 5.56 Å². The molecule has 1 saturated carbocycles. The number of carbonyl (C=O) groups is 1. The third-order valence-corrected chi connectivity index (χ3v) is 5.36. The second-order valence-electron chi connectivity index (χ2n) is 6.46. The Hall–Kier alpha value is -1.56. The molecule has 3 rings (SSSR count). The zero-order chi connectivity index (χ0) is 16.2. The summed E-state index contributed by atoms with van der Waals surface area (Å²) in [6, 6.07) is 0. The number of aromatic nitrogens is 2. The minimum absolute atomic E-state index is 0.168. The van der Waals surface area contributed by atoms with Crippen molar-refractivity contribution in [1.82, 2.24) is 15.1 Å². The number of rotatable bonds is 4. The maximum Gasteiger partial charge on any atom is 0.285 e. The number of anilines is 1. The molecule has 1 aromatic rings. The summed E-state index contributed by atoms with van der Waals surface area (Å²) in [4.78, 5) is 27.8. The summed E-state index contributed by atoms with van der Waals surface area (Å²) in [5, 5.41) is 6.29. The molecule has 0 bridgehead atoms. The lowest BCUT2D eigenvalue weighted by molar-refractivity contribution is -0.131. The van der Waals surface area contributed by atoms with E-state index in [2.05, 4.69) is 10.2 Å². The summed E-state index contributed by atoms with van der Waals surface area (Å²) in [6.07, 6.45) is 8.48. The van der Waals surface area contributed by atoms with Crippen molar-refractivity contribution in [2.45, 2.75) is 38.5 Å². The normalized spacial score (nSPS) is 19.3. The van der Waals surface area contributed by atoms with Gasteiger partial charge in [0.2, 0.25) is 5.91 Å². The van der Waals surface area contributed by atoms with E-state index in [1.54, 1.807) is 6.20 Å². The molecule has 2 aliphatic rings. The summed E-state index contributed by atoms with van der Waals surface area (Å²) in [5.74, 6) is 1.01. The second kappa shape index (κ2) is 7.34. The fourth-order valence-electron chi connectivity index (χ4n) is 3.58. The summed E-state index contributed by atoms with van der Waals surface area (Å²) < 4.78 is 0. The third kappa shape index (κ3) is 3.86. The molecule has 6 nitrogen and oxygen atoms in total. The number of nitrogens with zero attached hydrogens (tertiary/aromatic N) is 3. The minimum Gasteiger partial charge on any atom is -0.365 e. The molecule has 2 heterocycles. The molecule has 1 aromatic heterocycles. The molecule has 126 valence electrons. The van der Waals surface area contributed by atoms with Crippen molar-refractivity contribution < 1.29 is 4.79 Å². The first-order valence-electron chi connectivity index (χ1n) is 8.41. The van der Waals surface area contributed by atoms with Crippen LogP contribution >= 0.6 is 11.6 Å². The Kier molecular flexibility index (Phi) is 5.20. The Morgan fingerprint density at radius 2 is 1.96 bits per heavy atom. The van der Waals surface area contributed by atoms with E-state index in [1.807, 2.05) is 9.80 Å². The van der Waals surface area contributed by atoms with Gasteiger partial charge in [-0.15, -0.1) is 0 Å². The van der Waals surface area contributed by atoms with Gasteiger partial charge in [0.15, 0.2) is 0 Å². The van der Waals surface area contributed by atoms with E-state index < -0.39 is 0 Å². The van der Waals surface area contributed by atoms with Crippen molar-refractivity contribution in [3.63, 3.8) is 0 Å². The lowest BCUT2D eigenvalue weighted by Crippen LogP contribution is -2.49. The summed E-state index contributed by atoms with van der Waals surface area (Å²) in [7, 11) is 0. The number of H-pyrrole nitrogens is 1. The summed E-state index contributed by atoms with van der Waals surface area (Å²) in [5.41, 5.74) is 0.271. The van der Waals surface area contributed by atoms with Gasteiger partial charge in [-0.05, 0) is 12.3 Å². The van der Waals surface area contributed by atoms with Crippen molar-refractivity contribution >= 4 is 23.2 Å². The molecule has 1 saturated heterocycles. The first kappa shape index (κ1) is 16.3. The SMILES string of the molecule is O=C(CCC1CCCC1)N1CCN(c2cn[nH]c(=O)c2Cl)CC1. The highest BCUT2D eigenvalue weighted by atomic mass is 35.5. The first-order valence-corrected chi connectivity index (χ1v) is 8.79. The highest BCUT2D eigenvalue weighted by Crippen LogP contribution is 2.29. The number of hydrogen-bond acceptors (Lipinski definition) is 4. The van der Waals surface area contributed by atoms with Gasteiger partial charge in [0.05, 0.1) is 11.9 Å². The molecular formula is C16H23ClN4O2. The van der Waals surface area contributed by atoms with Crippen LogP contribution in [0.2, 0.25) is 5.02 Å². The van der Waals surface area contributed by atoms with Crippen LogP contribution in [0.4, 0.5) is 5.69 Å². The number of aromatic amines is 1. The lowest BCUT2D eigenvalue weighted by atomic mass is 10.0. The minimum atomic E-state index is -0.376. The van der Waals surface area contributed by atoms with Crippen molar-refractivity contribution in [1.29, 1.82) is 0 Å². The molecule has 1 amide bonds. The van der Waals surface area contributed by atoms with Crippen LogP contribution in [0.1, 0.15) is 38.5 Å². The molecule has 23 heavy (non-hydrogen) atoms. The van der Waals surface area contributed by atoms with Crippen molar-refractivity contribution in [2.24, 2.45) is 5.92 Å². The van der Waals surface area contributed by atoms with E-state index in [0.717, 1.165) is 12.3 Å². The van der Waals surface area contributed by atoms with Gasteiger partial charge in [-0.1, -0.05) is 37.3 Å². The molecule has 2 fully saturated rings. The van der Waals surface area contributed by atoms with E-state index in [9.17, 15) is 9.59 Å². The molecular weight excluding hydrogens is 316 g/mol. The number of amides is 1. The fourth-order valence-corrected chi connectivity index (χ4v) is 3.79. The third-order valence-electron chi connectivity index (χ3n) is 4.99. The Morgan fingerprint density at radius 3 is 2.65 bits per heavy atom. The topological polar surface area (TPSA) is 69.3 Å². The average Bonchev–Trinajstić information content (AvgIpc) is 3.09. The van der Waals surface area contributed by atoms with Crippen LogP contribution in [0.25, 0.3) is 0 Å². The standard InChI is InChI=1S/C16H23ClN4O2/c17-15-13(11-18-19-16(15)23)20-7-9-21(10-8-20)14(22)6-5-12-3-1-2-4-12/h11-12H,1-10H2,(H,19,23). The van der Waals surface area contributed by atoms with Gasteiger partial charge in [0.1, 0.15) is 5.02 Å². The van der Waals surface area contributed by atoms with Gasteiger partial charge in [0, 0.05) is 32.6 Å². The molecule has 0 radical (unpaired) electrons. The molecule has 1 aliphatic carbocycles. The van der Waals surface area contributed by atoms with Gasteiger partial charge < -0.3 is 9.80 Å². The first-order chi connectivity index (χ1) is 11.1. The van der Waals surface area contributed by atoms with Crippen molar-refractivity contribution in [3.8, 4) is 0 Å². The van der Waals surface area contributed by atoms with Gasteiger partial charge in [-0.2, -0.15) is 5.10 Å². The zero-order valence-corrected chi connectivity index (χ0v) is 14.0. The number of halogens is 1. The second-order valence-corrected chi connectivity index (χ2v) is 6.83. The Labute approximate surface area is 140 Å². The maximum atomic E-state index is 12.3. The maximum absolute atomic E-state index is 12.3. The van der Waals surface area contributed by atoms with Gasteiger partial charge in [-0.3, -0.25) is 9.59 Å². The lowest BCUT2D eigenvalue weighted by Gasteiger charge is -2.36. The highest BCUT2D eigenvalue weighted by Gasteiger charge is 2.24. The van der Waals surface area contributed by atoms with E-state index in [1.165, 1.54) is 25.7 Å². The zero-order valence-electron chi connectivity index (χ0n) is 13.3. The van der Waals surface area contributed by atoms with Crippen LogP contribution in [0.5, 0.6) is 0 Å². The number of carbonyl (C=O) groups excluding carboxylic acids is 1. The predicted molar refractivity (Wildman–Crippen MR) is 89.9 cm³/mol. The van der Waals surface area contributed by atoms with Crippen LogP contribution in [0.3, 0.4) is 0 Å². The molecule has 0 unspecified atom stereocenters. The van der Waals surface area contributed by atoms with Crippen LogP contribution in [-0.2, 0) is 4.79 Å². The predicted octanol–water partition coefficient (Wildman–Crippen LogP) is 2.04. The average molecular weight is 339 g/mol. The van der Waals surface area contributed by atoms with E-state index >= 15 is 0 Å². The molecule has 0 spiro atoms. The van der Waals surface area contributed by atoms with E-state index in [0.29, 0.717) is 38.3 Å². The summed E-state index contributed by atoms with van der Waals surface area (Å²) >= 11 is 6.04. The van der Waals surface area contributed by atoms with Crippen LogP contribution in [0.15, 0.2) is 11.0 Å². The van der Waals surface area contributed by atoms with E-state index in [4.69, 9.17) is 11.6 Å². The Bertz CT molecular complexity index is 604. The van der Waals surface area contributed by atoms with Crippen molar-refractivity contribution in [2.75, 3.05) is 31.1 Å². The number of nitrogens with one attached hydrogen (secondary N) is 1. The summed E-state index contributed by atoms with van der Waals surface area (Å²) in [6.45, 7) is 2.71. The fraction of sp³-hybridized carbons (Fsp3) is 0.688. The molecule has 1 N–H and O–H groups in total. The smallest absolute Gasteiger partial charge is 0.285 e. The number of piperazine rings is 1. The van der Waals surface area contributed by atoms with Crippen molar-refractivity contribution in [3.05, 3.63) is 21.6 Å². The Morgan fingerprint density at radius 1 is 1.26 bits per heavy atom. The monoisotopic (exact) mass is 338 g/mol. The van der Waals surface area contributed by atoms with Crippen LogP contribution in [0, 0.1) is 5.92 Å².